The van der Waals surface area contributed by atoms with E-state index in [0.29, 0.717) is 11.2 Å². The molecule has 1 aliphatic rings. The van der Waals surface area contributed by atoms with E-state index in [-0.39, 0.29) is 12.1 Å². The first-order valence-corrected chi connectivity index (χ1v) is 8.11. The maximum Gasteiger partial charge on any atom is 0.435 e. The highest BCUT2D eigenvalue weighted by molar-refractivity contribution is 8.00. The van der Waals surface area contributed by atoms with Crippen LogP contribution in [0.4, 0.5) is 13.2 Å². The highest BCUT2D eigenvalue weighted by atomic mass is 32.2. The summed E-state index contributed by atoms with van der Waals surface area (Å²) in [6.07, 6.45) is -0.700. The summed E-state index contributed by atoms with van der Waals surface area (Å²) in [5, 5.41) is 10.1. The quantitative estimate of drug-likeness (QED) is 0.653. The van der Waals surface area contributed by atoms with Crippen LogP contribution >= 0.6 is 11.8 Å². The molecule has 2 N–H and O–H groups in total. The minimum Gasteiger partial charge on any atom is -0.355 e. The van der Waals surface area contributed by atoms with Gasteiger partial charge in [-0.2, -0.15) is 30.0 Å². The lowest BCUT2D eigenvalue weighted by atomic mass is 10.2. The topological polar surface area (TPSA) is 54.2 Å². The minimum absolute atomic E-state index is 0.0279. The number of halogens is 3. The first-order chi connectivity index (χ1) is 10.4. The Morgan fingerprint density at radius 1 is 1.50 bits per heavy atom. The van der Waals surface area contributed by atoms with E-state index in [1.54, 1.807) is 7.05 Å². The lowest BCUT2D eigenvalue weighted by Gasteiger charge is -2.15. The lowest BCUT2D eigenvalue weighted by Crippen LogP contribution is -2.39. The molecule has 1 saturated heterocycles. The number of rotatable bonds is 4. The zero-order valence-electron chi connectivity index (χ0n) is 12.6. The number of thioether (sulfide) groups is 1. The van der Waals surface area contributed by atoms with Crippen molar-refractivity contribution in [2.75, 3.05) is 19.3 Å². The van der Waals surface area contributed by atoms with Crippen LogP contribution in [-0.4, -0.2) is 40.3 Å². The average molecular weight is 335 g/mol. The Bertz CT molecular complexity index is 520. The van der Waals surface area contributed by atoms with Crippen LogP contribution in [0.1, 0.15) is 24.1 Å². The van der Waals surface area contributed by atoms with Gasteiger partial charge >= 0.3 is 6.18 Å². The number of hydrogen-bond acceptors (Lipinski definition) is 3. The third-order valence-corrected chi connectivity index (χ3v) is 4.76. The number of aryl methyl sites for hydroxylation is 1. The summed E-state index contributed by atoms with van der Waals surface area (Å²) < 4.78 is 39.8. The molecule has 1 fully saturated rings. The van der Waals surface area contributed by atoms with E-state index in [1.807, 2.05) is 11.8 Å². The van der Waals surface area contributed by atoms with Crippen molar-refractivity contribution in [2.24, 2.45) is 12.0 Å². The Kier molecular flexibility index (Phi) is 5.60. The van der Waals surface area contributed by atoms with E-state index < -0.39 is 11.9 Å². The molecule has 1 aromatic heterocycles. The summed E-state index contributed by atoms with van der Waals surface area (Å²) in [6, 6.07) is 0. The number of nitrogens with zero attached hydrogens (tertiary/aromatic N) is 3. The molecule has 22 heavy (non-hydrogen) atoms. The first-order valence-electron chi connectivity index (χ1n) is 7.06. The van der Waals surface area contributed by atoms with E-state index >= 15 is 0 Å². The molecule has 0 bridgehead atoms. The number of alkyl halides is 3. The predicted octanol–water partition coefficient (Wildman–Crippen LogP) is 2.00. The van der Waals surface area contributed by atoms with Gasteiger partial charge in [0.2, 0.25) is 0 Å². The van der Waals surface area contributed by atoms with Crippen molar-refractivity contribution in [3.8, 4) is 0 Å². The van der Waals surface area contributed by atoms with Gasteiger partial charge in [-0.25, -0.2) is 0 Å². The maximum atomic E-state index is 12.9. The van der Waals surface area contributed by atoms with Crippen molar-refractivity contribution in [1.29, 1.82) is 0 Å². The second-order valence-corrected chi connectivity index (χ2v) is 6.52. The molecular formula is C13H20F3N5S. The fourth-order valence-electron chi connectivity index (χ4n) is 2.32. The third kappa shape index (κ3) is 4.56. The first kappa shape index (κ1) is 17.0. The van der Waals surface area contributed by atoms with Crippen LogP contribution in [0, 0.1) is 0 Å². The fraction of sp³-hybridized carbons (Fsp3) is 0.692. The number of nitrogens with one attached hydrogen (secondary N) is 2. The summed E-state index contributed by atoms with van der Waals surface area (Å²) in [5.41, 5.74) is -0.752. The summed E-state index contributed by atoms with van der Waals surface area (Å²) in [4.78, 5) is 4.04. The minimum atomic E-state index is -4.45. The van der Waals surface area contributed by atoms with Crippen LogP contribution in [0.5, 0.6) is 0 Å². The molecule has 2 heterocycles. The van der Waals surface area contributed by atoms with Crippen molar-refractivity contribution in [1.82, 2.24) is 20.4 Å². The third-order valence-electron chi connectivity index (χ3n) is 3.36. The van der Waals surface area contributed by atoms with Crippen LogP contribution in [0.25, 0.3) is 0 Å². The Balaban J connectivity index is 1.90. The molecule has 0 spiro atoms. The van der Waals surface area contributed by atoms with Crippen molar-refractivity contribution in [3.63, 3.8) is 0 Å². The van der Waals surface area contributed by atoms with Crippen LogP contribution in [-0.2, 0) is 19.8 Å². The zero-order valence-corrected chi connectivity index (χ0v) is 13.4. The molecule has 9 heteroatoms. The predicted molar refractivity (Wildman–Crippen MR) is 81.9 cm³/mol. The van der Waals surface area contributed by atoms with Crippen LogP contribution in [0.15, 0.2) is 11.2 Å². The average Bonchev–Trinajstić information content (AvgIpc) is 3.07. The van der Waals surface area contributed by atoms with Gasteiger partial charge in [0.25, 0.3) is 0 Å². The number of hydrogen-bond donors (Lipinski definition) is 2. The van der Waals surface area contributed by atoms with Gasteiger partial charge in [0.1, 0.15) is 0 Å². The number of aromatic nitrogens is 2. The van der Waals surface area contributed by atoms with Crippen LogP contribution < -0.4 is 10.6 Å². The van der Waals surface area contributed by atoms with Gasteiger partial charge in [0.05, 0.1) is 0 Å². The molecule has 0 radical (unpaired) electrons. The van der Waals surface area contributed by atoms with Crippen molar-refractivity contribution < 1.29 is 13.2 Å². The second-order valence-electron chi connectivity index (χ2n) is 5.12. The molecule has 0 aliphatic carbocycles. The van der Waals surface area contributed by atoms with E-state index in [2.05, 4.69) is 20.7 Å². The zero-order chi connectivity index (χ0) is 16.2. The van der Waals surface area contributed by atoms with Gasteiger partial charge in [-0.3, -0.25) is 9.67 Å². The summed E-state index contributed by atoms with van der Waals surface area (Å²) in [5.74, 6) is 1.67. The van der Waals surface area contributed by atoms with E-state index in [4.69, 9.17) is 0 Å². The molecule has 1 unspecified atom stereocenters. The number of guanidine groups is 1. The molecule has 0 saturated carbocycles. The standard InChI is InChI=1S/C13H20F3N5S/c1-17-12(19-7-10-4-3-5-22-10)18-6-9-8-21(2)20-11(9)13(14,15)16/h8,10H,3-7H2,1-2H3,(H2,17,18,19). The summed E-state index contributed by atoms with van der Waals surface area (Å²) >= 11 is 1.91. The Morgan fingerprint density at radius 3 is 2.86 bits per heavy atom. The van der Waals surface area contributed by atoms with Crippen LogP contribution in [0.2, 0.25) is 0 Å². The van der Waals surface area contributed by atoms with E-state index in [9.17, 15) is 13.2 Å². The smallest absolute Gasteiger partial charge is 0.355 e. The molecule has 5 nitrogen and oxygen atoms in total. The Hall–Kier alpha value is -1.38. The molecule has 1 aromatic rings. The van der Waals surface area contributed by atoms with Gasteiger partial charge in [0.15, 0.2) is 11.7 Å². The van der Waals surface area contributed by atoms with Gasteiger partial charge in [0, 0.05) is 44.2 Å². The van der Waals surface area contributed by atoms with Gasteiger partial charge < -0.3 is 10.6 Å². The Morgan fingerprint density at radius 2 is 2.27 bits per heavy atom. The van der Waals surface area contributed by atoms with Gasteiger partial charge in [-0.1, -0.05) is 0 Å². The lowest BCUT2D eigenvalue weighted by molar-refractivity contribution is -0.142. The van der Waals surface area contributed by atoms with Crippen LogP contribution in [0.3, 0.4) is 0 Å². The fourth-order valence-corrected chi connectivity index (χ4v) is 3.52. The van der Waals surface area contributed by atoms with Crippen molar-refractivity contribution >= 4 is 17.7 Å². The molecular weight excluding hydrogens is 315 g/mol. The molecule has 1 atom stereocenters. The van der Waals surface area contributed by atoms with Crippen molar-refractivity contribution in [3.05, 3.63) is 17.5 Å². The second kappa shape index (κ2) is 7.26. The number of aliphatic imine (C=N–C) groups is 1. The highest BCUT2D eigenvalue weighted by Crippen LogP contribution is 2.30. The highest BCUT2D eigenvalue weighted by Gasteiger charge is 2.36. The SMILES string of the molecule is CN=C(NCc1cn(C)nc1C(F)(F)F)NCC1CCCS1. The van der Waals surface area contributed by atoms with Crippen molar-refractivity contribution in [2.45, 2.75) is 30.8 Å². The summed E-state index contributed by atoms with van der Waals surface area (Å²) in [6.45, 7) is 0.795. The Labute approximate surface area is 131 Å². The molecule has 0 amide bonds. The molecule has 124 valence electrons. The largest absolute Gasteiger partial charge is 0.435 e. The van der Waals surface area contributed by atoms with E-state index in [0.717, 1.165) is 13.0 Å². The molecule has 1 aliphatic heterocycles. The normalized spacial score (nSPS) is 19.5. The maximum absolute atomic E-state index is 12.9. The van der Waals surface area contributed by atoms with Gasteiger partial charge in [-0.15, -0.1) is 0 Å². The summed E-state index contributed by atoms with van der Waals surface area (Å²) in [7, 11) is 3.08. The van der Waals surface area contributed by atoms with Gasteiger partial charge in [-0.05, 0) is 18.6 Å². The molecule has 2 rings (SSSR count). The van der Waals surface area contributed by atoms with E-state index in [1.165, 1.54) is 30.1 Å². The monoisotopic (exact) mass is 335 g/mol. The molecule has 0 aromatic carbocycles.